The number of rotatable bonds is 5. The first-order chi connectivity index (χ1) is 9.60. The van der Waals surface area contributed by atoms with Crippen LogP contribution in [0.2, 0.25) is 10.0 Å². The molecule has 20 heavy (non-hydrogen) atoms. The minimum absolute atomic E-state index is 0.131. The van der Waals surface area contributed by atoms with Crippen LogP contribution in [-0.2, 0) is 4.79 Å². The van der Waals surface area contributed by atoms with Gasteiger partial charge < -0.3 is 10.6 Å². The Morgan fingerprint density at radius 2 is 2.20 bits per heavy atom. The number of anilines is 2. The average Bonchev–Trinajstić information content (AvgIpc) is 2.92. The van der Waals surface area contributed by atoms with E-state index >= 15 is 0 Å². The lowest BCUT2D eigenvalue weighted by Crippen LogP contribution is -2.34. The molecule has 0 aliphatic carbocycles. The Morgan fingerprint density at radius 3 is 2.80 bits per heavy atom. The van der Waals surface area contributed by atoms with Gasteiger partial charge in [0.2, 0.25) is 5.91 Å². The summed E-state index contributed by atoms with van der Waals surface area (Å²) in [4.78, 5) is 16.2. The van der Waals surface area contributed by atoms with Crippen molar-refractivity contribution in [2.75, 3.05) is 10.6 Å². The lowest BCUT2D eigenvalue weighted by molar-refractivity contribution is -0.116. The number of benzene rings is 1. The van der Waals surface area contributed by atoms with Gasteiger partial charge in [-0.2, -0.15) is 0 Å². The molecule has 7 heteroatoms. The Balaban J connectivity index is 2.04. The molecule has 0 aliphatic rings. The maximum atomic E-state index is 12.1. The van der Waals surface area contributed by atoms with Crippen molar-refractivity contribution >= 4 is 51.3 Å². The highest BCUT2D eigenvalue weighted by atomic mass is 35.5. The molecule has 1 aromatic heterocycles. The Hall–Kier alpha value is -1.30. The fraction of sp³-hybridized carbons (Fsp3) is 0.231. The number of hydrogen-bond acceptors (Lipinski definition) is 4. The standard InChI is InChI=1S/C13H13Cl2N3OS/c1-2-11(12(19)18-13-16-5-6-20-13)17-8-3-4-9(14)10(15)7-8/h3-7,11,17H,2H2,1H3,(H,16,18,19)/t11-/m0/s1. The van der Waals surface area contributed by atoms with E-state index in [0.29, 0.717) is 21.6 Å². The summed E-state index contributed by atoms with van der Waals surface area (Å²) in [6.07, 6.45) is 2.28. The van der Waals surface area contributed by atoms with Crippen LogP contribution in [-0.4, -0.2) is 16.9 Å². The molecule has 0 spiro atoms. The predicted molar refractivity (Wildman–Crippen MR) is 84.9 cm³/mol. The number of carbonyl (C=O) groups excluding carboxylic acids is 1. The van der Waals surface area contributed by atoms with Gasteiger partial charge in [0.25, 0.3) is 0 Å². The number of aromatic nitrogens is 1. The van der Waals surface area contributed by atoms with Gasteiger partial charge >= 0.3 is 0 Å². The molecule has 0 saturated heterocycles. The van der Waals surface area contributed by atoms with Crippen LogP contribution >= 0.6 is 34.5 Å². The molecule has 0 radical (unpaired) electrons. The number of halogens is 2. The predicted octanol–water partition coefficient (Wildman–Crippen LogP) is 4.28. The summed E-state index contributed by atoms with van der Waals surface area (Å²) in [5.74, 6) is -0.131. The average molecular weight is 330 g/mol. The van der Waals surface area contributed by atoms with Crippen molar-refractivity contribution in [3.63, 3.8) is 0 Å². The SMILES string of the molecule is CC[C@H](Nc1ccc(Cl)c(Cl)c1)C(=O)Nc1nccs1. The van der Waals surface area contributed by atoms with Crippen LogP contribution in [0, 0.1) is 0 Å². The highest BCUT2D eigenvalue weighted by Gasteiger charge is 2.17. The molecule has 0 unspecified atom stereocenters. The number of thiazole rings is 1. The van der Waals surface area contributed by atoms with E-state index in [1.54, 1.807) is 24.4 Å². The zero-order valence-corrected chi connectivity index (χ0v) is 13.0. The smallest absolute Gasteiger partial charge is 0.248 e. The van der Waals surface area contributed by atoms with Crippen LogP contribution in [0.4, 0.5) is 10.8 Å². The Kier molecular flexibility index (Phi) is 5.23. The molecule has 106 valence electrons. The summed E-state index contributed by atoms with van der Waals surface area (Å²) in [5.41, 5.74) is 0.750. The Labute approximate surface area is 131 Å². The van der Waals surface area contributed by atoms with Crippen molar-refractivity contribution in [2.24, 2.45) is 0 Å². The lowest BCUT2D eigenvalue weighted by atomic mass is 10.2. The van der Waals surface area contributed by atoms with E-state index in [4.69, 9.17) is 23.2 Å². The van der Waals surface area contributed by atoms with E-state index < -0.39 is 0 Å². The molecule has 1 aromatic carbocycles. The van der Waals surface area contributed by atoms with E-state index in [9.17, 15) is 4.79 Å². The third-order valence-corrected chi connectivity index (χ3v) is 4.08. The number of carbonyl (C=O) groups is 1. The molecule has 0 saturated carbocycles. The third-order valence-electron chi connectivity index (χ3n) is 2.65. The maximum Gasteiger partial charge on any atom is 0.248 e. The molecule has 0 bridgehead atoms. The maximum absolute atomic E-state index is 12.1. The third kappa shape index (κ3) is 3.85. The van der Waals surface area contributed by atoms with Gasteiger partial charge in [-0.05, 0) is 24.6 Å². The lowest BCUT2D eigenvalue weighted by Gasteiger charge is -2.17. The van der Waals surface area contributed by atoms with Gasteiger partial charge in [-0.15, -0.1) is 11.3 Å². The number of nitrogens with one attached hydrogen (secondary N) is 2. The fourth-order valence-electron chi connectivity index (χ4n) is 1.62. The van der Waals surface area contributed by atoms with Crippen molar-refractivity contribution in [3.8, 4) is 0 Å². The second-order valence-corrected chi connectivity index (χ2v) is 5.77. The van der Waals surface area contributed by atoms with Crippen molar-refractivity contribution < 1.29 is 4.79 Å². The zero-order chi connectivity index (χ0) is 14.5. The molecule has 2 rings (SSSR count). The van der Waals surface area contributed by atoms with Gasteiger partial charge in [0.05, 0.1) is 10.0 Å². The summed E-state index contributed by atoms with van der Waals surface area (Å²) < 4.78 is 0. The van der Waals surface area contributed by atoms with Gasteiger partial charge in [0.1, 0.15) is 6.04 Å². The van der Waals surface area contributed by atoms with Gasteiger partial charge in [-0.3, -0.25) is 4.79 Å². The minimum atomic E-state index is -0.365. The van der Waals surface area contributed by atoms with Crippen molar-refractivity contribution in [1.29, 1.82) is 0 Å². The normalized spacial score (nSPS) is 11.9. The Bertz CT molecular complexity index is 589. The number of hydrogen-bond donors (Lipinski definition) is 2. The van der Waals surface area contributed by atoms with E-state index in [2.05, 4.69) is 15.6 Å². The summed E-state index contributed by atoms with van der Waals surface area (Å²) in [6, 6.07) is 4.81. The summed E-state index contributed by atoms with van der Waals surface area (Å²) in [7, 11) is 0. The van der Waals surface area contributed by atoms with Crippen LogP contribution in [0.3, 0.4) is 0 Å². The summed E-state index contributed by atoms with van der Waals surface area (Å²) in [5, 5.41) is 9.23. The van der Waals surface area contributed by atoms with Gasteiger partial charge in [0.15, 0.2) is 5.13 Å². The summed E-state index contributed by atoms with van der Waals surface area (Å²) in [6.45, 7) is 1.93. The first kappa shape index (κ1) is 15.1. The highest BCUT2D eigenvalue weighted by molar-refractivity contribution is 7.13. The largest absolute Gasteiger partial charge is 0.374 e. The van der Waals surface area contributed by atoms with E-state index in [-0.39, 0.29) is 11.9 Å². The van der Waals surface area contributed by atoms with Crippen LogP contribution in [0.25, 0.3) is 0 Å². The fourth-order valence-corrected chi connectivity index (χ4v) is 2.45. The molecule has 0 fully saturated rings. The van der Waals surface area contributed by atoms with Crippen LogP contribution in [0.15, 0.2) is 29.8 Å². The number of nitrogens with zero attached hydrogens (tertiary/aromatic N) is 1. The number of amides is 1. The van der Waals surface area contributed by atoms with E-state index in [1.807, 2.05) is 12.3 Å². The topological polar surface area (TPSA) is 54.0 Å². The molecule has 0 aliphatic heterocycles. The second kappa shape index (κ2) is 6.92. The van der Waals surface area contributed by atoms with E-state index in [1.165, 1.54) is 11.3 Å². The van der Waals surface area contributed by atoms with Crippen LogP contribution in [0.1, 0.15) is 13.3 Å². The molecule has 2 aromatic rings. The first-order valence-corrected chi connectivity index (χ1v) is 7.65. The molecule has 4 nitrogen and oxygen atoms in total. The van der Waals surface area contributed by atoms with Crippen molar-refractivity contribution in [2.45, 2.75) is 19.4 Å². The highest BCUT2D eigenvalue weighted by Crippen LogP contribution is 2.25. The molecule has 2 N–H and O–H groups in total. The minimum Gasteiger partial charge on any atom is -0.374 e. The second-order valence-electron chi connectivity index (χ2n) is 4.06. The Morgan fingerprint density at radius 1 is 1.40 bits per heavy atom. The molecule has 1 heterocycles. The van der Waals surface area contributed by atoms with Gasteiger partial charge in [-0.25, -0.2) is 4.98 Å². The monoisotopic (exact) mass is 329 g/mol. The molecule has 1 atom stereocenters. The summed E-state index contributed by atoms with van der Waals surface area (Å²) >= 11 is 13.2. The van der Waals surface area contributed by atoms with E-state index in [0.717, 1.165) is 5.69 Å². The molecular formula is C13H13Cl2N3OS. The van der Waals surface area contributed by atoms with Crippen molar-refractivity contribution in [3.05, 3.63) is 39.8 Å². The zero-order valence-electron chi connectivity index (χ0n) is 10.7. The quantitative estimate of drug-likeness (QED) is 0.860. The van der Waals surface area contributed by atoms with Crippen LogP contribution in [0.5, 0.6) is 0 Å². The van der Waals surface area contributed by atoms with Crippen LogP contribution < -0.4 is 10.6 Å². The first-order valence-electron chi connectivity index (χ1n) is 6.02. The van der Waals surface area contributed by atoms with Gasteiger partial charge in [-0.1, -0.05) is 30.1 Å². The van der Waals surface area contributed by atoms with Gasteiger partial charge in [0, 0.05) is 17.3 Å². The molecule has 1 amide bonds. The molecular weight excluding hydrogens is 317 g/mol. The van der Waals surface area contributed by atoms with Crippen molar-refractivity contribution in [1.82, 2.24) is 4.98 Å².